The van der Waals surface area contributed by atoms with Crippen LogP contribution in [0.1, 0.15) is 32.5 Å². The maximum Gasteiger partial charge on any atom is 0.181 e. The molecule has 1 heterocycles. The Morgan fingerprint density at radius 2 is 1.82 bits per heavy atom. The van der Waals surface area contributed by atoms with Gasteiger partial charge in [-0.25, -0.2) is 4.98 Å². The predicted octanol–water partition coefficient (Wildman–Crippen LogP) is 2.45. The van der Waals surface area contributed by atoms with Gasteiger partial charge in [-0.05, 0) is 12.8 Å². The summed E-state index contributed by atoms with van der Waals surface area (Å²) in [6.07, 6.45) is 1.68. The lowest BCUT2D eigenvalue weighted by Gasteiger charge is -2.22. The molecule has 1 aromatic heterocycles. The molecule has 0 aliphatic carbocycles. The zero-order valence-electron chi connectivity index (χ0n) is 10.3. The number of nitrogens with zero attached hydrogens (tertiary/aromatic N) is 2. The van der Waals surface area contributed by atoms with Gasteiger partial charge in [0.1, 0.15) is 5.82 Å². The van der Waals surface area contributed by atoms with E-state index in [1.54, 1.807) is 0 Å². The van der Waals surface area contributed by atoms with Crippen LogP contribution in [0, 0.1) is 0 Å². The molecule has 2 aromatic rings. The molecule has 0 aliphatic rings. The van der Waals surface area contributed by atoms with Crippen LogP contribution in [0.25, 0.3) is 11.4 Å². The maximum absolute atomic E-state index is 6.28. The summed E-state index contributed by atoms with van der Waals surface area (Å²) in [5.41, 5.74) is 6.88. The Labute approximate surface area is 101 Å². The van der Waals surface area contributed by atoms with E-state index in [0.29, 0.717) is 5.82 Å². The van der Waals surface area contributed by atoms with Gasteiger partial charge in [0, 0.05) is 5.56 Å². The summed E-state index contributed by atoms with van der Waals surface area (Å²) >= 11 is 0. The van der Waals surface area contributed by atoms with Crippen molar-refractivity contribution >= 4 is 0 Å². The van der Waals surface area contributed by atoms with Crippen molar-refractivity contribution in [2.45, 2.75) is 32.2 Å². The van der Waals surface area contributed by atoms with Crippen LogP contribution in [0.15, 0.2) is 30.3 Å². The van der Waals surface area contributed by atoms with Crippen molar-refractivity contribution < 1.29 is 0 Å². The first-order valence-corrected chi connectivity index (χ1v) is 5.97. The van der Waals surface area contributed by atoms with Gasteiger partial charge >= 0.3 is 0 Å². The van der Waals surface area contributed by atoms with Crippen LogP contribution < -0.4 is 5.73 Å². The fraction of sp³-hybridized carbons (Fsp3) is 0.385. The highest BCUT2D eigenvalue weighted by atomic mass is 15.2. The summed E-state index contributed by atoms with van der Waals surface area (Å²) in [7, 11) is 0. The molecule has 2 rings (SSSR count). The largest absolute Gasteiger partial charge is 0.319 e. The van der Waals surface area contributed by atoms with Crippen LogP contribution in [0.2, 0.25) is 0 Å². The predicted molar refractivity (Wildman–Crippen MR) is 68.3 cm³/mol. The van der Waals surface area contributed by atoms with Gasteiger partial charge in [0.15, 0.2) is 5.82 Å². The third kappa shape index (κ3) is 2.22. The maximum atomic E-state index is 6.28. The zero-order chi connectivity index (χ0) is 12.3. The SMILES string of the molecule is CCC(N)(CC)c1nc(-c2ccccc2)n[nH]1. The second kappa shape index (κ2) is 4.67. The van der Waals surface area contributed by atoms with E-state index in [9.17, 15) is 0 Å². The van der Waals surface area contributed by atoms with Crippen LogP contribution in [0.4, 0.5) is 0 Å². The van der Waals surface area contributed by atoms with E-state index in [0.717, 1.165) is 24.2 Å². The van der Waals surface area contributed by atoms with Crippen molar-refractivity contribution in [3.05, 3.63) is 36.2 Å². The van der Waals surface area contributed by atoms with Crippen LogP contribution in [0.5, 0.6) is 0 Å². The molecule has 1 aromatic carbocycles. The first kappa shape index (κ1) is 11.8. The molecule has 4 heteroatoms. The Morgan fingerprint density at radius 1 is 1.18 bits per heavy atom. The van der Waals surface area contributed by atoms with Crippen LogP contribution in [-0.2, 0) is 5.54 Å². The van der Waals surface area contributed by atoms with E-state index >= 15 is 0 Å². The third-order valence-corrected chi connectivity index (χ3v) is 3.25. The van der Waals surface area contributed by atoms with Gasteiger partial charge in [-0.15, -0.1) is 0 Å². The minimum Gasteiger partial charge on any atom is -0.319 e. The number of nitrogens with two attached hydrogens (primary N) is 1. The number of aromatic amines is 1. The molecule has 0 saturated heterocycles. The molecule has 0 atom stereocenters. The lowest BCUT2D eigenvalue weighted by Crippen LogP contribution is -2.36. The number of H-pyrrole nitrogens is 1. The molecule has 90 valence electrons. The molecule has 0 bridgehead atoms. The second-order valence-electron chi connectivity index (χ2n) is 4.24. The molecule has 0 aliphatic heterocycles. The molecule has 3 N–H and O–H groups in total. The molecular weight excluding hydrogens is 212 g/mol. The lowest BCUT2D eigenvalue weighted by molar-refractivity contribution is 0.389. The monoisotopic (exact) mass is 230 g/mol. The molecular formula is C13H18N4. The average Bonchev–Trinajstić information content (AvgIpc) is 2.89. The van der Waals surface area contributed by atoms with Crippen LogP contribution >= 0.6 is 0 Å². The van der Waals surface area contributed by atoms with E-state index in [-0.39, 0.29) is 0 Å². The van der Waals surface area contributed by atoms with Crippen LogP contribution in [-0.4, -0.2) is 15.2 Å². The summed E-state index contributed by atoms with van der Waals surface area (Å²) in [4.78, 5) is 4.50. The number of aromatic nitrogens is 3. The highest BCUT2D eigenvalue weighted by Crippen LogP contribution is 2.24. The Morgan fingerprint density at radius 3 is 2.41 bits per heavy atom. The first-order valence-electron chi connectivity index (χ1n) is 5.97. The fourth-order valence-corrected chi connectivity index (χ4v) is 1.79. The summed E-state index contributed by atoms with van der Waals surface area (Å²) in [6.45, 7) is 4.13. The normalized spacial score (nSPS) is 11.7. The number of hydrogen-bond acceptors (Lipinski definition) is 3. The van der Waals surface area contributed by atoms with E-state index < -0.39 is 5.54 Å². The molecule has 0 spiro atoms. The van der Waals surface area contributed by atoms with Gasteiger partial charge in [0.2, 0.25) is 0 Å². The fourth-order valence-electron chi connectivity index (χ4n) is 1.79. The molecule has 0 radical (unpaired) electrons. The quantitative estimate of drug-likeness (QED) is 0.847. The van der Waals surface area contributed by atoms with Crippen molar-refractivity contribution in [2.75, 3.05) is 0 Å². The minimum absolute atomic E-state index is 0.403. The molecule has 17 heavy (non-hydrogen) atoms. The third-order valence-electron chi connectivity index (χ3n) is 3.25. The summed E-state index contributed by atoms with van der Waals surface area (Å²) < 4.78 is 0. The smallest absolute Gasteiger partial charge is 0.181 e. The Hall–Kier alpha value is -1.68. The summed E-state index contributed by atoms with van der Waals surface area (Å²) in [6, 6.07) is 9.90. The summed E-state index contributed by atoms with van der Waals surface area (Å²) in [5, 5.41) is 7.19. The number of benzene rings is 1. The van der Waals surface area contributed by atoms with Crippen molar-refractivity contribution in [3.63, 3.8) is 0 Å². The Kier molecular flexibility index (Phi) is 3.24. The molecule has 0 amide bonds. The lowest BCUT2D eigenvalue weighted by atomic mass is 9.93. The van der Waals surface area contributed by atoms with Gasteiger partial charge in [0.05, 0.1) is 5.54 Å². The number of rotatable bonds is 4. The van der Waals surface area contributed by atoms with E-state index in [2.05, 4.69) is 29.0 Å². The minimum atomic E-state index is -0.403. The Bertz CT molecular complexity index is 471. The van der Waals surface area contributed by atoms with E-state index in [1.165, 1.54) is 0 Å². The van der Waals surface area contributed by atoms with E-state index in [4.69, 9.17) is 5.73 Å². The first-order chi connectivity index (χ1) is 8.19. The second-order valence-corrected chi connectivity index (χ2v) is 4.24. The van der Waals surface area contributed by atoms with Crippen molar-refractivity contribution in [1.82, 2.24) is 15.2 Å². The molecule has 4 nitrogen and oxygen atoms in total. The highest BCUT2D eigenvalue weighted by molar-refractivity contribution is 5.54. The van der Waals surface area contributed by atoms with E-state index in [1.807, 2.05) is 30.3 Å². The van der Waals surface area contributed by atoms with Gasteiger partial charge in [-0.3, -0.25) is 5.10 Å². The van der Waals surface area contributed by atoms with Gasteiger partial charge in [-0.1, -0.05) is 44.2 Å². The molecule has 0 saturated carbocycles. The van der Waals surface area contributed by atoms with Gasteiger partial charge in [-0.2, -0.15) is 5.10 Å². The summed E-state index contributed by atoms with van der Waals surface area (Å²) in [5.74, 6) is 1.47. The molecule has 0 fully saturated rings. The molecule has 0 unspecified atom stereocenters. The van der Waals surface area contributed by atoms with Crippen LogP contribution in [0.3, 0.4) is 0 Å². The van der Waals surface area contributed by atoms with Gasteiger partial charge in [0.25, 0.3) is 0 Å². The van der Waals surface area contributed by atoms with Crippen molar-refractivity contribution in [3.8, 4) is 11.4 Å². The van der Waals surface area contributed by atoms with Gasteiger partial charge < -0.3 is 5.73 Å². The number of hydrogen-bond donors (Lipinski definition) is 2. The average molecular weight is 230 g/mol. The highest BCUT2D eigenvalue weighted by Gasteiger charge is 2.27. The van der Waals surface area contributed by atoms with Crippen molar-refractivity contribution in [2.24, 2.45) is 5.73 Å². The zero-order valence-corrected chi connectivity index (χ0v) is 10.3. The topological polar surface area (TPSA) is 67.6 Å². The number of nitrogens with one attached hydrogen (secondary N) is 1. The van der Waals surface area contributed by atoms with Crippen molar-refractivity contribution in [1.29, 1.82) is 0 Å². The standard InChI is InChI=1S/C13H18N4/c1-3-13(14,4-2)12-15-11(16-17-12)10-8-6-5-7-9-10/h5-9H,3-4,14H2,1-2H3,(H,15,16,17). The Balaban J connectivity index is 2.34.